The molecule has 1 fully saturated rings. The van der Waals surface area contributed by atoms with Gasteiger partial charge in [0.2, 0.25) is 11.8 Å². The first-order valence-corrected chi connectivity index (χ1v) is 9.74. The van der Waals surface area contributed by atoms with Crippen LogP contribution in [0.5, 0.6) is 0 Å². The van der Waals surface area contributed by atoms with E-state index in [9.17, 15) is 10.1 Å². The van der Waals surface area contributed by atoms with E-state index in [0.717, 1.165) is 31.2 Å². The second kappa shape index (κ2) is 8.97. The monoisotopic (exact) mass is 384 g/mol. The smallest absolute Gasteiger partial charge is 0.329 e. The fraction of sp³-hybridized carbons (Fsp3) is 0.500. The Hall–Kier alpha value is -2.74. The Morgan fingerprint density at radius 2 is 1.96 bits per heavy atom. The minimum atomic E-state index is -0.451. The van der Waals surface area contributed by atoms with Gasteiger partial charge in [-0.3, -0.25) is 10.1 Å². The summed E-state index contributed by atoms with van der Waals surface area (Å²) in [5.41, 5.74) is 9.43. The fourth-order valence-corrected chi connectivity index (χ4v) is 3.54. The molecule has 1 saturated carbocycles. The summed E-state index contributed by atoms with van der Waals surface area (Å²) < 4.78 is 0. The first-order valence-electron chi connectivity index (χ1n) is 9.74. The van der Waals surface area contributed by atoms with Crippen LogP contribution < -0.4 is 16.4 Å². The summed E-state index contributed by atoms with van der Waals surface area (Å²) in [4.78, 5) is 19.4. The average Bonchev–Trinajstić information content (AvgIpc) is 2.68. The molecule has 150 valence electrons. The van der Waals surface area contributed by atoms with Gasteiger partial charge in [0.05, 0.1) is 4.92 Å². The van der Waals surface area contributed by atoms with Crippen molar-refractivity contribution in [2.24, 2.45) is 11.7 Å². The van der Waals surface area contributed by atoms with Crippen molar-refractivity contribution in [2.75, 3.05) is 17.2 Å². The molecule has 1 aromatic carbocycles. The van der Waals surface area contributed by atoms with Crippen LogP contribution >= 0.6 is 0 Å². The Labute approximate surface area is 165 Å². The van der Waals surface area contributed by atoms with Gasteiger partial charge in [-0.15, -0.1) is 0 Å². The lowest BCUT2D eigenvalue weighted by Gasteiger charge is -2.26. The molecule has 8 nitrogen and oxygen atoms in total. The highest BCUT2D eigenvalue weighted by Crippen LogP contribution is 2.26. The Balaban J connectivity index is 1.68. The zero-order valence-corrected chi connectivity index (χ0v) is 16.4. The van der Waals surface area contributed by atoms with Crippen LogP contribution in [0.3, 0.4) is 0 Å². The maximum Gasteiger partial charge on any atom is 0.329 e. The quantitative estimate of drug-likeness (QED) is 0.493. The second-order valence-corrected chi connectivity index (χ2v) is 7.56. The van der Waals surface area contributed by atoms with Gasteiger partial charge < -0.3 is 16.4 Å². The number of nitrogens with one attached hydrogen (secondary N) is 2. The van der Waals surface area contributed by atoms with Crippen molar-refractivity contribution in [3.63, 3.8) is 0 Å². The first kappa shape index (κ1) is 20.0. The van der Waals surface area contributed by atoms with Crippen LogP contribution in [0, 0.1) is 29.9 Å². The molecule has 0 saturated heterocycles. The summed E-state index contributed by atoms with van der Waals surface area (Å²) in [6, 6.07) is 6.42. The van der Waals surface area contributed by atoms with Crippen LogP contribution in [-0.2, 0) is 6.54 Å². The first-order chi connectivity index (χ1) is 13.4. The van der Waals surface area contributed by atoms with Gasteiger partial charge in [0.1, 0.15) is 6.20 Å². The number of hydrogen-bond donors (Lipinski definition) is 3. The van der Waals surface area contributed by atoms with Crippen LogP contribution in [0.15, 0.2) is 24.4 Å². The van der Waals surface area contributed by atoms with Gasteiger partial charge in [-0.05, 0) is 62.1 Å². The number of rotatable bonds is 7. The summed E-state index contributed by atoms with van der Waals surface area (Å²) in [7, 11) is 0. The second-order valence-electron chi connectivity index (χ2n) is 7.56. The molecule has 0 unspecified atom stereocenters. The van der Waals surface area contributed by atoms with E-state index in [1.165, 1.54) is 17.3 Å². The zero-order valence-electron chi connectivity index (χ0n) is 16.4. The van der Waals surface area contributed by atoms with Gasteiger partial charge in [0, 0.05) is 19.1 Å². The van der Waals surface area contributed by atoms with Gasteiger partial charge in [-0.25, -0.2) is 4.98 Å². The molecule has 4 N–H and O–H groups in total. The van der Waals surface area contributed by atoms with Crippen molar-refractivity contribution >= 4 is 17.5 Å². The highest BCUT2D eigenvalue weighted by atomic mass is 16.6. The number of anilines is 2. The number of benzene rings is 1. The average molecular weight is 384 g/mol. The number of nitrogens with two attached hydrogens (primary N) is 1. The van der Waals surface area contributed by atoms with Crippen LogP contribution in [0.4, 0.5) is 17.5 Å². The van der Waals surface area contributed by atoms with Gasteiger partial charge >= 0.3 is 5.69 Å². The standard InChI is InChI=1S/C20H28N6O2/c1-13-4-3-5-16(14(13)2)11-23-20-24-12-18(26(27)28)19(25-20)22-10-15-6-8-17(21)9-7-15/h3-5,12,15,17H,6-11,21H2,1-2H3,(H2,22,23,24,25)/t15-,17-. The van der Waals surface area contributed by atoms with Crippen molar-refractivity contribution < 1.29 is 4.92 Å². The van der Waals surface area contributed by atoms with E-state index in [1.54, 1.807) is 0 Å². The number of nitrogens with zero attached hydrogens (tertiary/aromatic N) is 3. The number of aryl methyl sites for hydroxylation is 1. The predicted octanol–water partition coefficient (Wildman–Crippen LogP) is 3.54. The van der Waals surface area contributed by atoms with Crippen LogP contribution in [0.1, 0.15) is 42.4 Å². The fourth-order valence-electron chi connectivity index (χ4n) is 3.54. The number of hydrogen-bond acceptors (Lipinski definition) is 7. The van der Waals surface area contributed by atoms with Crippen molar-refractivity contribution in [3.8, 4) is 0 Å². The van der Waals surface area contributed by atoms with Crippen molar-refractivity contribution in [2.45, 2.75) is 52.1 Å². The molecular formula is C20H28N6O2. The summed E-state index contributed by atoms with van der Waals surface area (Å²) >= 11 is 0. The summed E-state index contributed by atoms with van der Waals surface area (Å²) in [5, 5.41) is 17.7. The van der Waals surface area contributed by atoms with E-state index in [0.29, 0.717) is 25.0 Å². The van der Waals surface area contributed by atoms with Gasteiger partial charge in [-0.2, -0.15) is 4.98 Å². The van der Waals surface area contributed by atoms with Crippen LogP contribution in [0.25, 0.3) is 0 Å². The molecule has 3 rings (SSSR count). The molecule has 1 heterocycles. The van der Waals surface area contributed by atoms with E-state index in [4.69, 9.17) is 5.73 Å². The molecule has 1 aromatic heterocycles. The number of nitro groups is 1. The molecule has 0 radical (unpaired) electrons. The lowest BCUT2D eigenvalue weighted by atomic mass is 9.86. The summed E-state index contributed by atoms with van der Waals surface area (Å²) in [6.07, 6.45) is 5.33. The Morgan fingerprint density at radius 3 is 2.68 bits per heavy atom. The molecule has 2 aromatic rings. The molecule has 0 aliphatic heterocycles. The molecular weight excluding hydrogens is 356 g/mol. The summed E-state index contributed by atoms with van der Waals surface area (Å²) in [5.74, 6) is 1.10. The van der Waals surface area contributed by atoms with E-state index < -0.39 is 4.92 Å². The molecule has 28 heavy (non-hydrogen) atoms. The molecule has 0 atom stereocenters. The SMILES string of the molecule is Cc1cccc(CNc2ncc([N+](=O)[O-])c(NC[C@H]3CC[C@H](N)CC3)n2)c1C. The highest BCUT2D eigenvalue weighted by molar-refractivity contribution is 5.57. The Bertz CT molecular complexity index is 833. The van der Waals surface area contributed by atoms with Crippen molar-refractivity contribution in [3.05, 3.63) is 51.2 Å². The lowest BCUT2D eigenvalue weighted by Crippen LogP contribution is -2.29. The minimum absolute atomic E-state index is 0.107. The van der Waals surface area contributed by atoms with Gasteiger partial charge in [0.15, 0.2) is 0 Å². The zero-order chi connectivity index (χ0) is 20.1. The molecule has 1 aliphatic carbocycles. The Kier molecular flexibility index (Phi) is 6.41. The molecule has 0 spiro atoms. The number of aromatic nitrogens is 2. The summed E-state index contributed by atoms with van der Waals surface area (Å²) in [6.45, 7) is 5.36. The molecule has 0 amide bonds. The lowest BCUT2D eigenvalue weighted by molar-refractivity contribution is -0.384. The normalized spacial score (nSPS) is 19.2. The third-order valence-corrected chi connectivity index (χ3v) is 5.57. The van der Waals surface area contributed by atoms with Crippen molar-refractivity contribution in [1.29, 1.82) is 0 Å². The highest BCUT2D eigenvalue weighted by Gasteiger charge is 2.21. The molecule has 8 heteroatoms. The van der Waals surface area contributed by atoms with E-state index >= 15 is 0 Å². The maximum atomic E-state index is 11.3. The van der Waals surface area contributed by atoms with E-state index in [2.05, 4.69) is 40.5 Å². The largest absolute Gasteiger partial charge is 0.364 e. The molecule has 0 bridgehead atoms. The minimum Gasteiger partial charge on any atom is -0.364 e. The van der Waals surface area contributed by atoms with E-state index in [-0.39, 0.29) is 17.5 Å². The molecule has 1 aliphatic rings. The van der Waals surface area contributed by atoms with Gasteiger partial charge in [-0.1, -0.05) is 18.2 Å². The predicted molar refractivity (Wildman–Crippen MR) is 110 cm³/mol. The third kappa shape index (κ3) is 4.95. The third-order valence-electron chi connectivity index (χ3n) is 5.57. The van der Waals surface area contributed by atoms with Crippen LogP contribution in [-0.4, -0.2) is 27.5 Å². The topological polar surface area (TPSA) is 119 Å². The van der Waals surface area contributed by atoms with Crippen molar-refractivity contribution in [1.82, 2.24) is 9.97 Å². The Morgan fingerprint density at radius 1 is 1.21 bits per heavy atom. The van der Waals surface area contributed by atoms with Gasteiger partial charge in [0.25, 0.3) is 0 Å². The maximum absolute atomic E-state index is 11.3. The van der Waals surface area contributed by atoms with Crippen LogP contribution in [0.2, 0.25) is 0 Å². The van der Waals surface area contributed by atoms with E-state index in [1.807, 2.05) is 12.1 Å².